The quantitative estimate of drug-likeness (QED) is 0.576. The van der Waals surface area contributed by atoms with E-state index in [4.69, 9.17) is 0 Å². The summed E-state index contributed by atoms with van der Waals surface area (Å²) in [6, 6.07) is 5.68. The van der Waals surface area contributed by atoms with Gasteiger partial charge in [0.05, 0.1) is 17.8 Å². The Morgan fingerprint density at radius 1 is 1.13 bits per heavy atom. The summed E-state index contributed by atoms with van der Waals surface area (Å²) in [6.45, 7) is 0.745. The fraction of sp³-hybridized carbons (Fsp3) is 0.667. The molecule has 0 spiro atoms. The molecule has 2 atom stereocenters. The molecule has 30 heavy (non-hydrogen) atoms. The van der Waals surface area contributed by atoms with E-state index in [1.165, 1.54) is 32.9 Å². The van der Waals surface area contributed by atoms with E-state index in [2.05, 4.69) is 5.32 Å². The molecule has 1 aromatic rings. The standard InChI is InChI=1S/C21H30FN3O4S/c22-17-2-4-18(5-3-17)25-7-1-6-24(30(25,28)29)13-19(26)23-20-15-8-14-9-16(20)12-21(27,10-14)11-15/h2-5,14-16,20,27-29H,1,6-13H2,(H,23,26). The van der Waals surface area contributed by atoms with Crippen LogP contribution in [0.1, 0.15) is 38.5 Å². The molecule has 7 nitrogen and oxygen atoms in total. The first-order valence-corrected chi connectivity index (χ1v) is 12.3. The van der Waals surface area contributed by atoms with Gasteiger partial charge in [-0.25, -0.2) is 4.39 Å². The van der Waals surface area contributed by atoms with Crippen molar-refractivity contribution in [2.24, 2.45) is 17.8 Å². The third-order valence-corrected chi connectivity index (χ3v) is 9.40. The zero-order chi connectivity index (χ0) is 21.1. The van der Waals surface area contributed by atoms with Gasteiger partial charge in [0.15, 0.2) is 0 Å². The number of aliphatic hydroxyl groups is 1. The van der Waals surface area contributed by atoms with Crippen LogP contribution in [0.2, 0.25) is 0 Å². The van der Waals surface area contributed by atoms with Crippen LogP contribution in [-0.2, 0) is 4.79 Å². The highest BCUT2D eigenvalue weighted by atomic mass is 32.3. The van der Waals surface area contributed by atoms with E-state index in [1.807, 2.05) is 0 Å². The maximum absolute atomic E-state index is 13.2. The minimum Gasteiger partial charge on any atom is -0.390 e. The molecule has 1 heterocycles. The van der Waals surface area contributed by atoms with Crippen LogP contribution >= 0.6 is 11.0 Å². The fourth-order valence-corrected chi connectivity index (χ4v) is 8.15. The van der Waals surface area contributed by atoms with E-state index < -0.39 is 16.6 Å². The summed E-state index contributed by atoms with van der Waals surface area (Å²) in [6.07, 6.45) is 5.19. The lowest BCUT2D eigenvalue weighted by atomic mass is 9.52. The van der Waals surface area contributed by atoms with E-state index in [0.29, 0.717) is 43.0 Å². The summed E-state index contributed by atoms with van der Waals surface area (Å²) in [7, 11) is -3.35. The molecule has 9 heteroatoms. The van der Waals surface area contributed by atoms with Gasteiger partial charge in [-0.15, -0.1) is 0 Å². The van der Waals surface area contributed by atoms with Crippen LogP contribution < -0.4 is 9.62 Å². The molecular weight excluding hydrogens is 409 g/mol. The predicted octanol–water partition coefficient (Wildman–Crippen LogP) is 2.97. The molecule has 1 saturated heterocycles. The molecule has 4 bridgehead atoms. The maximum Gasteiger partial charge on any atom is 0.236 e. The number of amides is 1. The van der Waals surface area contributed by atoms with Crippen LogP contribution in [-0.4, -0.2) is 55.7 Å². The van der Waals surface area contributed by atoms with Crippen molar-refractivity contribution in [3.8, 4) is 0 Å². The second-order valence-electron chi connectivity index (χ2n) is 9.57. The van der Waals surface area contributed by atoms with Crippen LogP contribution in [0.5, 0.6) is 0 Å². The molecule has 166 valence electrons. The SMILES string of the molecule is O=C(CN1CCCN(c2ccc(F)cc2)S1(O)O)NC1C2CC3CC1CC(O)(C3)C2. The fourth-order valence-electron chi connectivity index (χ4n) is 6.43. The summed E-state index contributed by atoms with van der Waals surface area (Å²) in [4.78, 5) is 12.9. The van der Waals surface area contributed by atoms with E-state index in [-0.39, 0.29) is 24.3 Å². The highest BCUT2D eigenvalue weighted by Gasteiger charge is 2.55. The van der Waals surface area contributed by atoms with Crippen molar-refractivity contribution >= 4 is 22.6 Å². The minimum atomic E-state index is -3.35. The lowest BCUT2D eigenvalue weighted by Crippen LogP contribution is -2.62. The molecule has 1 aliphatic heterocycles. The number of nitrogens with one attached hydrogen (secondary N) is 1. The molecule has 5 aliphatic rings. The second-order valence-corrected chi connectivity index (χ2v) is 11.5. The van der Waals surface area contributed by atoms with Crippen LogP contribution in [0.15, 0.2) is 24.3 Å². The summed E-state index contributed by atoms with van der Waals surface area (Å²) in [5.41, 5.74) is -0.0220. The first-order valence-electron chi connectivity index (χ1n) is 10.8. The largest absolute Gasteiger partial charge is 0.390 e. The number of carbonyl (C=O) groups excluding carboxylic acids is 1. The maximum atomic E-state index is 13.2. The Morgan fingerprint density at radius 3 is 2.43 bits per heavy atom. The Morgan fingerprint density at radius 2 is 1.80 bits per heavy atom. The van der Waals surface area contributed by atoms with Gasteiger partial charge in [-0.2, -0.15) is 4.31 Å². The average Bonchev–Trinajstić information content (AvgIpc) is 2.66. The van der Waals surface area contributed by atoms with Gasteiger partial charge in [-0.05, 0) is 80.5 Å². The van der Waals surface area contributed by atoms with Crippen molar-refractivity contribution in [2.75, 3.05) is 23.9 Å². The van der Waals surface area contributed by atoms with E-state index in [9.17, 15) is 23.4 Å². The van der Waals surface area contributed by atoms with Gasteiger partial charge < -0.3 is 10.4 Å². The topological polar surface area (TPSA) is 96.3 Å². The lowest BCUT2D eigenvalue weighted by Gasteiger charge is -2.58. The van der Waals surface area contributed by atoms with Crippen molar-refractivity contribution in [3.63, 3.8) is 0 Å². The summed E-state index contributed by atoms with van der Waals surface area (Å²) < 4.78 is 37.9. The molecule has 5 fully saturated rings. The normalized spacial score (nSPS) is 38.5. The Bertz CT molecular complexity index is 807. The first-order chi connectivity index (χ1) is 14.2. The van der Waals surface area contributed by atoms with Gasteiger partial charge in [0.25, 0.3) is 0 Å². The summed E-state index contributed by atoms with van der Waals surface area (Å²) in [5.74, 6) is 0.591. The van der Waals surface area contributed by atoms with Gasteiger partial charge in [-0.3, -0.25) is 18.2 Å². The van der Waals surface area contributed by atoms with E-state index in [0.717, 1.165) is 32.1 Å². The lowest BCUT2D eigenvalue weighted by molar-refractivity contribution is -0.146. The third-order valence-electron chi connectivity index (χ3n) is 7.41. The van der Waals surface area contributed by atoms with Gasteiger partial charge in [0.1, 0.15) is 5.82 Å². The number of nitrogens with zero attached hydrogens (tertiary/aromatic N) is 2. The molecule has 2 unspecified atom stereocenters. The Labute approximate surface area is 177 Å². The van der Waals surface area contributed by atoms with Crippen LogP contribution in [0, 0.1) is 23.6 Å². The molecule has 0 radical (unpaired) electrons. The van der Waals surface area contributed by atoms with Gasteiger partial charge in [0, 0.05) is 19.1 Å². The van der Waals surface area contributed by atoms with Crippen molar-refractivity contribution in [1.29, 1.82) is 0 Å². The van der Waals surface area contributed by atoms with Crippen LogP contribution in [0.25, 0.3) is 0 Å². The minimum absolute atomic E-state index is 0.0640. The molecule has 0 aromatic heterocycles. The molecule has 1 aromatic carbocycles. The van der Waals surface area contributed by atoms with Crippen molar-refractivity contribution in [2.45, 2.75) is 50.2 Å². The summed E-state index contributed by atoms with van der Waals surface area (Å²) in [5, 5.41) is 13.9. The zero-order valence-electron chi connectivity index (χ0n) is 16.9. The molecular formula is C21H30FN3O4S. The van der Waals surface area contributed by atoms with Crippen molar-refractivity contribution in [3.05, 3.63) is 30.1 Å². The number of rotatable bonds is 4. The van der Waals surface area contributed by atoms with Crippen LogP contribution in [0.4, 0.5) is 10.1 Å². The number of hydrogen-bond donors (Lipinski definition) is 4. The first kappa shape index (κ1) is 20.5. The van der Waals surface area contributed by atoms with Gasteiger partial charge >= 0.3 is 0 Å². The number of anilines is 1. The van der Waals surface area contributed by atoms with Crippen LogP contribution in [0.3, 0.4) is 0 Å². The average molecular weight is 440 g/mol. The monoisotopic (exact) mass is 439 g/mol. The van der Waals surface area contributed by atoms with Crippen molar-refractivity contribution in [1.82, 2.24) is 9.62 Å². The highest BCUT2D eigenvalue weighted by molar-refractivity contribution is 8.23. The molecule has 4 N–H and O–H groups in total. The number of benzene rings is 1. The third kappa shape index (κ3) is 3.60. The molecule has 6 rings (SSSR count). The Hall–Kier alpha value is -1.39. The number of hydrogen-bond acceptors (Lipinski definition) is 6. The highest BCUT2D eigenvalue weighted by Crippen LogP contribution is 2.56. The van der Waals surface area contributed by atoms with Gasteiger partial charge in [-0.1, -0.05) is 11.0 Å². The molecule has 1 amide bonds. The number of halogens is 1. The van der Waals surface area contributed by atoms with E-state index in [1.54, 1.807) is 0 Å². The zero-order valence-corrected chi connectivity index (χ0v) is 17.7. The van der Waals surface area contributed by atoms with Gasteiger partial charge in [0.2, 0.25) is 5.91 Å². The smallest absolute Gasteiger partial charge is 0.236 e. The second kappa shape index (κ2) is 7.34. The predicted molar refractivity (Wildman–Crippen MR) is 113 cm³/mol. The molecule has 4 aliphatic carbocycles. The Balaban J connectivity index is 1.25. The Kier molecular flexibility index (Phi) is 5.02. The summed E-state index contributed by atoms with van der Waals surface area (Å²) >= 11 is 0. The van der Waals surface area contributed by atoms with Crippen molar-refractivity contribution < 1.29 is 23.4 Å². The number of carbonyl (C=O) groups is 1. The molecule has 4 saturated carbocycles. The van der Waals surface area contributed by atoms with E-state index >= 15 is 0 Å².